The summed E-state index contributed by atoms with van der Waals surface area (Å²) in [5.74, 6) is 0.471. The number of rotatable bonds is 9. The molecule has 0 saturated heterocycles. The Morgan fingerprint density at radius 1 is 0.906 bits per heavy atom. The number of ether oxygens (including phenoxy) is 1. The summed E-state index contributed by atoms with van der Waals surface area (Å²) in [5, 5.41) is 2.75. The van der Waals surface area contributed by atoms with Gasteiger partial charge in [-0.3, -0.25) is 9.59 Å². The maximum atomic E-state index is 13.5. The Morgan fingerprint density at radius 2 is 1.56 bits per heavy atom. The van der Waals surface area contributed by atoms with E-state index in [0.717, 1.165) is 28.0 Å². The van der Waals surface area contributed by atoms with E-state index < -0.39 is 6.04 Å². The number of hydrogen-bond donors (Lipinski definition) is 1. The zero-order valence-electron chi connectivity index (χ0n) is 18.9. The van der Waals surface area contributed by atoms with Crippen LogP contribution in [0.1, 0.15) is 22.3 Å². The van der Waals surface area contributed by atoms with Crippen LogP contribution in [0.25, 0.3) is 0 Å². The molecule has 0 radical (unpaired) electrons. The first-order valence-electron chi connectivity index (χ1n) is 10.7. The first-order valence-corrected chi connectivity index (χ1v) is 10.7. The summed E-state index contributed by atoms with van der Waals surface area (Å²) in [7, 11) is 3.22. The Labute approximate surface area is 190 Å². The van der Waals surface area contributed by atoms with Gasteiger partial charge in [-0.2, -0.15) is 0 Å². The molecule has 0 aromatic heterocycles. The maximum Gasteiger partial charge on any atom is 0.242 e. The molecule has 166 valence electrons. The SMILES string of the molecule is CNC(=O)[C@@H](Cc1ccccc1)N(Cc1ccccc1C)C(=O)Cc1ccc(OC)cc1. The number of aryl methyl sites for hydroxylation is 1. The zero-order chi connectivity index (χ0) is 22.9. The third-order valence-electron chi connectivity index (χ3n) is 5.63. The highest BCUT2D eigenvalue weighted by Gasteiger charge is 2.30. The van der Waals surface area contributed by atoms with Gasteiger partial charge in [0.05, 0.1) is 13.5 Å². The minimum Gasteiger partial charge on any atom is -0.497 e. The van der Waals surface area contributed by atoms with Crippen molar-refractivity contribution >= 4 is 11.8 Å². The van der Waals surface area contributed by atoms with Gasteiger partial charge in [-0.25, -0.2) is 0 Å². The Hall–Kier alpha value is -3.60. The van der Waals surface area contributed by atoms with E-state index in [1.165, 1.54) is 0 Å². The van der Waals surface area contributed by atoms with Gasteiger partial charge in [-0.05, 0) is 41.3 Å². The molecule has 0 heterocycles. The maximum absolute atomic E-state index is 13.5. The lowest BCUT2D eigenvalue weighted by Crippen LogP contribution is -2.50. The van der Waals surface area contributed by atoms with Crippen LogP contribution >= 0.6 is 0 Å². The molecular weight excluding hydrogens is 400 g/mol. The van der Waals surface area contributed by atoms with Crippen LogP contribution in [0.3, 0.4) is 0 Å². The summed E-state index contributed by atoms with van der Waals surface area (Å²) in [5.41, 5.74) is 4.00. The van der Waals surface area contributed by atoms with Crippen LogP contribution in [0, 0.1) is 6.92 Å². The van der Waals surface area contributed by atoms with E-state index in [4.69, 9.17) is 4.74 Å². The molecule has 1 N–H and O–H groups in total. The van der Waals surface area contributed by atoms with Crippen LogP contribution in [0.4, 0.5) is 0 Å². The molecule has 1 atom stereocenters. The lowest BCUT2D eigenvalue weighted by molar-refractivity contribution is -0.140. The second-order valence-electron chi connectivity index (χ2n) is 7.79. The second kappa shape index (κ2) is 11.1. The molecule has 3 aromatic rings. The summed E-state index contributed by atoms with van der Waals surface area (Å²) < 4.78 is 5.22. The first kappa shape index (κ1) is 23.1. The standard InChI is InChI=1S/C27H30N2O3/c1-20-9-7-8-12-23(20)19-29(26(30)18-22-13-15-24(32-3)16-14-22)25(27(31)28-2)17-21-10-5-4-6-11-21/h4-16,25H,17-19H2,1-3H3,(H,28,31)/t25-/m1/s1. The van der Waals surface area contributed by atoms with Crippen LogP contribution < -0.4 is 10.1 Å². The van der Waals surface area contributed by atoms with Crippen LogP contribution in [0.15, 0.2) is 78.9 Å². The smallest absolute Gasteiger partial charge is 0.242 e. The number of methoxy groups -OCH3 is 1. The minimum absolute atomic E-state index is 0.0945. The Kier molecular flexibility index (Phi) is 8.03. The highest BCUT2D eigenvalue weighted by atomic mass is 16.5. The van der Waals surface area contributed by atoms with Crippen molar-refractivity contribution in [1.82, 2.24) is 10.2 Å². The summed E-state index contributed by atoms with van der Waals surface area (Å²) in [6.45, 7) is 2.39. The fourth-order valence-electron chi connectivity index (χ4n) is 3.71. The van der Waals surface area contributed by atoms with Crippen molar-refractivity contribution in [2.75, 3.05) is 14.2 Å². The molecule has 0 fully saturated rings. The molecule has 0 unspecified atom stereocenters. The summed E-state index contributed by atoms with van der Waals surface area (Å²) in [6.07, 6.45) is 0.652. The number of amides is 2. The predicted molar refractivity (Wildman–Crippen MR) is 126 cm³/mol. The van der Waals surface area contributed by atoms with Gasteiger partial charge in [-0.1, -0.05) is 66.7 Å². The van der Waals surface area contributed by atoms with Gasteiger partial charge >= 0.3 is 0 Å². The fraction of sp³-hybridized carbons (Fsp3) is 0.259. The Bertz CT molecular complexity index is 1030. The van der Waals surface area contributed by atoms with Crippen molar-refractivity contribution in [1.29, 1.82) is 0 Å². The monoisotopic (exact) mass is 430 g/mol. The van der Waals surface area contributed by atoms with Crippen LogP contribution in [-0.2, 0) is 29.0 Å². The molecule has 0 aliphatic rings. The van der Waals surface area contributed by atoms with Crippen LogP contribution in [-0.4, -0.2) is 36.9 Å². The van der Waals surface area contributed by atoms with E-state index in [0.29, 0.717) is 13.0 Å². The Balaban J connectivity index is 1.93. The van der Waals surface area contributed by atoms with E-state index in [9.17, 15) is 9.59 Å². The molecule has 3 rings (SSSR count). The van der Waals surface area contributed by atoms with Crippen LogP contribution in [0.2, 0.25) is 0 Å². The summed E-state index contributed by atoms with van der Waals surface area (Å²) in [6, 6.07) is 24.6. The van der Waals surface area contributed by atoms with Gasteiger partial charge in [0, 0.05) is 20.0 Å². The minimum atomic E-state index is -0.618. The number of likely N-dealkylation sites (N-methyl/N-ethyl adjacent to an activating group) is 1. The van der Waals surface area contributed by atoms with E-state index in [1.807, 2.05) is 85.8 Å². The number of nitrogens with zero attached hydrogens (tertiary/aromatic N) is 1. The summed E-state index contributed by atoms with van der Waals surface area (Å²) in [4.78, 5) is 28.2. The number of hydrogen-bond acceptors (Lipinski definition) is 3. The topological polar surface area (TPSA) is 58.6 Å². The molecule has 0 spiro atoms. The normalized spacial score (nSPS) is 11.5. The summed E-state index contributed by atoms with van der Waals surface area (Å²) >= 11 is 0. The number of benzene rings is 3. The molecule has 0 bridgehead atoms. The van der Waals surface area contributed by atoms with Crippen molar-refractivity contribution < 1.29 is 14.3 Å². The quantitative estimate of drug-likeness (QED) is 0.560. The number of nitrogens with one attached hydrogen (secondary N) is 1. The van der Waals surface area contributed by atoms with Crippen molar-refractivity contribution in [2.24, 2.45) is 0 Å². The molecule has 0 aliphatic heterocycles. The molecule has 5 nitrogen and oxygen atoms in total. The lowest BCUT2D eigenvalue weighted by atomic mass is 10.0. The van der Waals surface area contributed by atoms with Crippen molar-refractivity contribution in [3.63, 3.8) is 0 Å². The molecule has 2 amide bonds. The zero-order valence-corrected chi connectivity index (χ0v) is 18.9. The van der Waals surface area contributed by atoms with Gasteiger partial charge in [-0.15, -0.1) is 0 Å². The van der Waals surface area contributed by atoms with Gasteiger partial charge in [0.1, 0.15) is 11.8 Å². The van der Waals surface area contributed by atoms with Gasteiger partial charge in [0.2, 0.25) is 11.8 Å². The van der Waals surface area contributed by atoms with E-state index in [1.54, 1.807) is 19.1 Å². The van der Waals surface area contributed by atoms with Gasteiger partial charge < -0.3 is 15.0 Å². The van der Waals surface area contributed by atoms with E-state index in [-0.39, 0.29) is 18.2 Å². The van der Waals surface area contributed by atoms with Crippen LogP contribution in [0.5, 0.6) is 5.75 Å². The highest BCUT2D eigenvalue weighted by Crippen LogP contribution is 2.19. The lowest BCUT2D eigenvalue weighted by Gasteiger charge is -2.31. The average molecular weight is 431 g/mol. The first-order chi connectivity index (χ1) is 15.5. The highest BCUT2D eigenvalue weighted by molar-refractivity contribution is 5.88. The van der Waals surface area contributed by atoms with Crippen molar-refractivity contribution in [3.05, 3.63) is 101 Å². The molecule has 0 saturated carbocycles. The van der Waals surface area contributed by atoms with Crippen molar-refractivity contribution in [3.8, 4) is 5.75 Å². The molecule has 5 heteroatoms. The third kappa shape index (κ3) is 5.97. The van der Waals surface area contributed by atoms with E-state index in [2.05, 4.69) is 5.32 Å². The molecule has 3 aromatic carbocycles. The molecule has 32 heavy (non-hydrogen) atoms. The van der Waals surface area contributed by atoms with Crippen molar-refractivity contribution in [2.45, 2.75) is 32.4 Å². The third-order valence-corrected chi connectivity index (χ3v) is 5.63. The molecular formula is C27H30N2O3. The number of carbonyl (C=O) groups is 2. The Morgan fingerprint density at radius 3 is 2.19 bits per heavy atom. The fourth-order valence-corrected chi connectivity index (χ4v) is 3.71. The van der Waals surface area contributed by atoms with E-state index >= 15 is 0 Å². The average Bonchev–Trinajstić information content (AvgIpc) is 2.83. The predicted octanol–water partition coefficient (Wildman–Crippen LogP) is 3.93. The number of carbonyl (C=O) groups excluding carboxylic acids is 2. The van der Waals surface area contributed by atoms with Gasteiger partial charge in [0.15, 0.2) is 0 Å². The largest absolute Gasteiger partial charge is 0.497 e. The van der Waals surface area contributed by atoms with Gasteiger partial charge in [0.25, 0.3) is 0 Å². The molecule has 0 aliphatic carbocycles. The second-order valence-corrected chi connectivity index (χ2v) is 7.79.